The molecule has 1 unspecified atom stereocenters. The van der Waals surface area contributed by atoms with Crippen LogP contribution in [0.25, 0.3) is 0 Å². The van der Waals surface area contributed by atoms with Crippen molar-refractivity contribution >= 4 is 17.2 Å². The van der Waals surface area contributed by atoms with Crippen LogP contribution in [0.4, 0.5) is 0 Å². The molecule has 0 N–H and O–H groups in total. The Balaban J connectivity index is 1.53. The third kappa shape index (κ3) is 2.91. The monoisotopic (exact) mass is 292 g/mol. The van der Waals surface area contributed by atoms with Crippen molar-refractivity contribution in [2.24, 2.45) is 5.92 Å². The normalized spacial score (nSPS) is 23.1. The Kier molecular flexibility index (Phi) is 4.41. The van der Waals surface area contributed by atoms with Crippen molar-refractivity contribution in [2.75, 3.05) is 26.2 Å². The van der Waals surface area contributed by atoms with Crippen molar-refractivity contribution in [1.29, 1.82) is 0 Å². The maximum atomic E-state index is 12.4. The molecular weight excluding hydrogens is 268 g/mol. The highest BCUT2D eigenvalue weighted by Gasteiger charge is 2.30. The standard InChI is InChI=1S/C16H24N2OS/c1-13(15-7-4-12-20-15)17-8-10-18(11-9-17)16(19)14-5-2-3-6-14/h4,7,12-14H,2-3,5-6,8-11H2,1H3. The van der Waals surface area contributed by atoms with E-state index in [4.69, 9.17) is 0 Å². The van der Waals surface area contributed by atoms with Gasteiger partial charge in [-0.05, 0) is 31.2 Å². The molecule has 2 heterocycles. The second-order valence-corrected chi connectivity index (χ2v) is 7.01. The van der Waals surface area contributed by atoms with Gasteiger partial charge in [-0.15, -0.1) is 11.3 Å². The first kappa shape index (κ1) is 14.1. The lowest BCUT2D eigenvalue weighted by molar-refractivity contribution is -0.137. The number of nitrogens with zero attached hydrogens (tertiary/aromatic N) is 2. The van der Waals surface area contributed by atoms with Gasteiger partial charge in [0.15, 0.2) is 0 Å². The Morgan fingerprint density at radius 3 is 2.55 bits per heavy atom. The fourth-order valence-corrected chi connectivity index (χ4v) is 4.29. The fourth-order valence-electron chi connectivity index (χ4n) is 3.47. The SMILES string of the molecule is CC(c1cccs1)N1CCN(C(=O)C2CCCC2)CC1. The van der Waals surface area contributed by atoms with Crippen LogP contribution in [-0.2, 0) is 4.79 Å². The molecule has 1 aliphatic carbocycles. The third-order valence-electron chi connectivity index (χ3n) is 4.83. The number of carbonyl (C=O) groups is 1. The van der Waals surface area contributed by atoms with Gasteiger partial charge < -0.3 is 4.90 Å². The summed E-state index contributed by atoms with van der Waals surface area (Å²) in [5.41, 5.74) is 0. The molecule has 0 spiro atoms. The van der Waals surface area contributed by atoms with Gasteiger partial charge in [-0.2, -0.15) is 0 Å². The van der Waals surface area contributed by atoms with Gasteiger partial charge in [-0.25, -0.2) is 0 Å². The van der Waals surface area contributed by atoms with Crippen molar-refractivity contribution in [2.45, 2.75) is 38.6 Å². The van der Waals surface area contributed by atoms with Crippen LogP contribution in [0.1, 0.15) is 43.5 Å². The molecule has 1 atom stereocenters. The van der Waals surface area contributed by atoms with E-state index in [1.165, 1.54) is 17.7 Å². The Labute approximate surface area is 125 Å². The number of hydrogen-bond donors (Lipinski definition) is 0. The number of thiophene rings is 1. The van der Waals surface area contributed by atoms with Crippen LogP contribution in [0.2, 0.25) is 0 Å². The molecule has 2 fully saturated rings. The number of carbonyl (C=O) groups excluding carboxylic acids is 1. The molecule has 1 saturated carbocycles. The molecule has 0 bridgehead atoms. The Morgan fingerprint density at radius 2 is 1.95 bits per heavy atom. The first-order valence-electron chi connectivity index (χ1n) is 7.82. The minimum absolute atomic E-state index is 0.330. The highest BCUT2D eigenvalue weighted by molar-refractivity contribution is 7.10. The average molecular weight is 292 g/mol. The molecule has 0 aromatic carbocycles. The van der Waals surface area contributed by atoms with Gasteiger partial charge in [0, 0.05) is 43.0 Å². The van der Waals surface area contributed by atoms with E-state index in [1.54, 1.807) is 0 Å². The largest absolute Gasteiger partial charge is 0.340 e. The first-order chi connectivity index (χ1) is 9.75. The third-order valence-corrected chi connectivity index (χ3v) is 5.88. The minimum atomic E-state index is 0.330. The first-order valence-corrected chi connectivity index (χ1v) is 8.70. The molecule has 20 heavy (non-hydrogen) atoms. The summed E-state index contributed by atoms with van der Waals surface area (Å²) in [7, 11) is 0. The summed E-state index contributed by atoms with van der Waals surface area (Å²) < 4.78 is 0. The molecule has 0 radical (unpaired) electrons. The lowest BCUT2D eigenvalue weighted by atomic mass is 10.1. The van der Waals surface area contributed by atoms with Crippen molar-refractivity contribution in [3.05, 3.63) is 22.4 Å². The molecule has 1 amide bonds. The summed E-state index contributed by atoms with van der Waals surface area (Å²) in [4.78, 5) is 18.5. The predicted molar refractivity (Wildman–Crippen MR) is 82.8 cm³/mol. The van der Waals surface area contributed by atoms with Crippen LogP contribution in [0.5, 0.6) is 0 Å². The van der Waals surface area contributed by atoms with Crippen LogP contribution in [0.15, 0.2) is 17.5 Å². The summed E-state index contributed by atoms with van der Waals surface area (Å²) in [6, 6.07) is 4.82. The molecule has 2 aliphatic rings. The van der Waals surface area contributed by atoms with Crippen LogP contribution >= 0.6 is 11.3 Å². The Hall–Kier alpha value is -0.870. The van der Waals surface area contributed by atoms with Gasteiger partial charge in [0.25, 0.3) is 0 Å². The summed E-state index contributed by atoms with van der Waals surface area (Å²) in [6.45, 7) is 6.12. The van der Waals surface area contributed by atoms with Crippen LogP contribution in [0, 0.1) is 5.92 Å². The zero-order valence-electron chi connectivity index (χ0n) is 12.3. The van der Waals surface area contributed by atoms with E-state index in [2.05, 4.69) is 34.2 Å². The van der Waals surface area contributed by atoms with Crippen molar-refractivity contribution in [1.82, 2.24) is 9.80 Å². The van der Waals surface area contributed by atoms with E-state index in [1.807, 2.05) is 11.3 Å². The molecule has 1 aliphatic heterocycles. The summed E-state index contributed by atoms with van der Waals surface area (Å²) >= 11 is 1.83. The second-order valence-electron chi connectivity index (χ2n) is 6.03. The van der Waals surface area contributed by atoms with Gasteiger partial charge in [-0.3, -0.25) is 9.69 Å². The van der Waals surface area contributed by atoms with E-state index in [-0.39, 0.29) is 0 Å². The average Bonchev–Trinajstić information content (AvgIpc) is 3.18. The molecule has 1 aromatic rings. The molecular formula is C16H24N2OS. The number of piperazine rings is 1. The summed E-state index contributed by atoms with van der Waals surface area (Å²) in [6.07, 6.45) is 4.72. The quantitative estimate of drug-likeness (QED) is 0.854. The molecule has 1 aromatic heterocycles. The minimum Gasteiger partial charge on any atom is -0.340 e. The molecule has 4 heteroatoms. The van der Waals surface area contributed by atoms with Gasteiger partial charge in [-0.1, -0.05) is 18.9 Å². The maximum Gasteiger partial charge on any atom is 0.225 e. The van der Waals surface area contributed by atoms with E-state index in [9.17, 15) is 4.79 Å². The van der Waals surface area contributed by atoms with E-state index < -0.39 is 0 Å². The van der Waals surface area contributed by atoms with Gasteiger partial charge >= 0.3 is 0 Å². The molecule has 110 valence electrons. The molecule has 1 saturated heterocycles. The zero-order chi connectivity index (χ0) is 13.9. The lowest BCUT2D eigenvalue weighted by Gasteiger charge is -2.38. The summed E-state index contributed by atoms with van der Waals surface area (Å²) in [5.74, 6) is 0.752. The summed E-state index contributed by atoms with van der Waals surface area (Å²) in [5, 5.41) is 2.14. The van der Waals surface area contributed by atoms with E-state index in [0.29, 0.717) is 17.9 Å². The maximum absolute atomic E-state index is 12.4. The fraction of sp³-hybridized carbons (Fsp3) is 0.688. The predicted octanol–water partition coefficient (Wildman–Crippen LogP) is 3.14. The van der Waals surface area contributed by atoms with Crippen LogP contribution in [-0.4, -0.2) is 41.9 Å². The highest BCUT2D eigenvalue weighted by Crippen LogP contribution is 2.28. The Morgan fingerprint density at radius 1 is 1.25 bits per heavy atom. The number of amides is 1. The number of rotatable bonds is 3. The van der Waals surface area contributed by atoms with Crippen LogP contribution < -0.4 is 0 Å². The van der Waals surface area contributed by atoms with Crippen molar-refractivity contribution in [3.63, 3.8) is 0 Å². The highest BCUT2D eigenvalue weighted by atomic mass is 32.1. The smallest absolute Gasteiger partial charge is 0.225 e. The zero-order valence-corrected chi connectivity index (χ0v) is 13.1. The van der Waals surface area contributed by atoms with Gasteiger partial charge in [0.1, 0.15) is 0 Å². The van der Waals surface area contributed by atoms with Gasteiger partial charge in [0.2, 0.25) is 5.91 Å². The lowest BCUT2D eigenvalue weighted by Crippen LogP contribution is -2.50. The topological polar surface area (TPSA) is 23.6 Å². The van der Waals surface area contributed by atoms with Crippen molar-refractivity contribution in [3.8, 4) is 0 Å². The van der Waals surface area contributed by atoms with Crippen molar-refractivity contribution < 1.29 is 4.79 Å². The Bertz CT molecular complexity index is 431. The molecule has 3 nitrogen and oxygen atoms in total. The van der Waals surface area contributed by atoms with E-state index in [0.717, 1.165) is 39.0 Å². The van der Waals surface area contributed by atoms with E-state index >= 15 is 0 Å². The van der Waals surface area contributed by atoms with Crippen LogP contribution in [0.3, 0.4) is 0 Å². The number of hydrogen-bond acceptors (Lipinski definition) is 3. The molecule has 3 rings (SSSR count). The second kappa shape index (κ2) is 6.27. The van der Waals surface area contributed by atoms with Gasteiger partial charge in [0.05, 0.1) is 0 Å².